The number of halogens is 1. The highest BCUT2D eigenvalue weighted by Crippen LogP contribution is 2.47. The summed E-state index contributed by atoms with van der Waals surface area (Å²) in [4.78, 5) is 4.79. The first-order chi connectivity index (χ1) is 12.8. The summed E-state index contributed by atoms with van der Waals surface area (Å²) < 4.78 is 5.29. The lowest BCUT2D eigenvalue weighted by Gasteiger charge is -2.19. The van der Waals surface area contributed by atoms with E-state index in [1.165, 1.54) is 29.5 Å². The third-order valence-corrected chi connectivity index (χ3v) is 5.00. The van der Waals surface area contributed by atoms with Crippen LogP contribution in [0.15, 0.2) is 59.6 Å². The third-order valence-electron chi connectivity index (χ3n) is 5.00. The first kappa shape index (κ1) is 21.7. The second kappa shape index (κ2) is 10.7. The van der Waals surface area contributed by atoms with Gasteiger partial charge in [0.1, 0.15) is 0 Å². The van der Waals surface area contributed by atoms with Gasteiger partial charge in [0.05, 0.1) is 13.2 Å². The zero-order chi connectivity index (χ0) is 18.2. The number of guanidine groups is 1. The van der Waals surface area contributed by atoms with Gasteiger partial charge in [-0.3, -0.25) is 0 Å². The molecule has 1 fully saturated rings. The largest absolute Gasteiger partial charge is 0.380 e. The topological polar surface area (TPSA) is 45.7 Å². The molecule has 2 aromatic carbocycles. The van der Waals surface area contributed by atoms with Crippen LogP contribution in [0.1, 0.15) is 36.5 Å². The average Bonchev–Trinajstić information content (AvgIpc) is 3.47. The number of nitrogens with one attached hydrogen (secondary N) is 2. The fourth-order valence-electron chi connectivity index (χ4n) is 3.28. The predicted octanol–water partition coefficient (Wildman–Crippen LogP) is 4.24. The molecule has 0 saturated heterocycles. The summed E-state index contributed by atoms with van der Waals surface area (Å²) >= 11 is 0. The summed E-state index contributed by atoms with van der Waals surface area (Å²) in [5.41, 5.74) is 4.09. The van der Waals surface area contributed by atoms with Crippen LogP contribution in [0.4, 0.5) is 0 Å². The van der Waals surface area contributed by atoms with Gasteiger partial charge in [-0.25, -0.2) is 4.99 Å². The van der Waals surface area contributed by atoms with Crippen molar-refractivity contribution in [2.45, 2.75) is 38.3 Å². The molecule has 0 spiro atoms. The van der Waals surface area contributed by atoms with Crippen LogP contribution in [0.25, 0.3) is 0 Å². The minimum Gasteiger partial charge on any atom is -0.380 e. The fraction of sp³-hybridized carbons (Fsp3) is 0.409. The summed E-state index contributed by atoms with van der Waals surface area (Å²) in [6.45, 7) is 5.13. The Labute approximate surface area is 179 Å². The molecule has 2 N–H and O–H groups in total. The molecule has 5 heteroatoms. The molecule has 1 saturated carbocycles. The number of hydrogen-bond donors (Lipinski definition) is 2. The van der Waals surface area contributed by atoms with Crippen LogP contribution >= 0.6 is 24.0 Å². The summed E-state index contributed by atoms with van der Waals surface area (Å²) in [7, 11) is 1.73. The molecule has 0 aliphatic heterocycles. The molecule has 0 radical (unpaired) electrons. The molecule has 0 aromatic heterocycles. The van der Waals surface area contributed by atoms with Crippen molar-refractivity contribution in [3.63, 3.8) is 0 Å². The van der Waals surface area contributed by atoms with E-state index < -0.39 is 0 Å². The van der Waals surface area contributed by atoms with E-state index in [0.29, 0.717) is 13.2 Å². The normalized spacial score (nSPS) is 15.0. The van der Waals surface area contributed by atoms with E-state index in [-0.39, 0.29) is 29.4 Å². The lowest BCUT2D eigenvalue weighted by Crippen LogP contribution is -2.41. The molecule has 0 atom stereocenters. The highest BCUT2D eigenvalue weighted by molar-refractivity contribution is 14.0. The van der Waals surface area contributed by atoms with Crippen LogP contribution in [0.5, 0.6) is 0 Å². The molecule has 146 valence electrons. The van der Waals surface area contributed by atoms with Crippen molar-refractivity contribution in [3.05, 3.63) is 71.3 Å². The molecule has 3 rings (SSSR count). The van der Waals surface area contributed by atoms with Gasteiger partial charge in [0, 0.05) is 25.6 Å². The van der Waals surface area contributed by atoms with Crippen molar-refractivity contribution in [1.29, 1.82) is 0 Å². The molecule has 0 amide bonds. The number of rotatable bonds is 8. The molecule has 0 heterocycles. The van der Waals surface area contributed by atoms with Gasteiger partial charge >= 0.3 is 0 Å². The molecule has 1 aliphatic rings. The van der Waals surface area contributed by atoms with Gasteiger partial charge in [0.2, 0.25) is 0 Å². The second-order valence-corrected chi connectivity index (χ2v) is 6.90. The van der Waals surface area contributed by atoms with E-state index in [1.807, 2.05) is 6.07 Å². The lowest BCUT2D eigenvalue weighted by molar-refractivity contribution is 0.184. The number of nitrogens with zero attached hydrogens (tertiary/aromatic N) is 1. The van der Waals surface area contributed by atoms with Crippen LogP contribution in [-0.4, -0.2) is 26.2 Å². The van der Waals surface area contributed by atoms with Crippen LogP contribution in [-0.2, 0) is 23.3 Å². The quantitative estimate of drug-likeness (QED) is 0.338. The Hall–Kier alpha value is -1.60. The van der Waals surface area contributed by atoms with E-state index in [4.69, 9.17) is 9.73 Å². The number of hydrogen-bond acceptors (Lipinski definition) is 2. The fourth-order valence-corrected chi connectivity index (χ4v) is 3.28. The average molecular weight is 479 g/mol. The molecule has 1 aliphatic carbocycles. The molecule has 0 unspecified atom stereocenters. The van der Waals surface area contributed by atoms with Gasteiger partial charge in [-0.15, -0.1) is 24.0 Å². The van der Waals surface area contributed by atoms with Gasteiger partial charge in [-0.1, -0.05) is 54.6 Å². The zero-order valence-electron chi connectivity index (χ0n) is 16.2. The maximum atomic E-state index is 5.29. The van der Waals surface area contributed by atoms with Crippen LogP contribution in [0.2, 0.25) is 0 Å². The SMILES string of the molecule is CCNC(=NCc1ccccc1COC)NCC1(c2ccccc2)CC1.I. The Morgan fingerprint density at radius 1 is 1.00 bits per heavy atom. The Bertz CT molecular complexity index is 729. The van der Waals surface area contributed by atoms with Crippen molar-refractivity contribution in [1.82, 2.24) is 10.6 Å². The molecule has 4 nitrogen and oxygen atoms in total. The Kier molecular flexibility index (Phi) is 8.57. The van der Waals surface area contributed by atoms with Crippen LogP contribution < -0.4 is 10.6 Å². The molecular formula is C22H30IN3O. The van der Waals surface area contributed by atoms with E-state index in [2.05, 4.69) is 66.1 Å². The second-order valence-electron chi connectivity index (χ2n) is 6.90. The monoisotopic (exact) mass is 479 g/mol. The maximum absolute atomic E-state index is 5.29. The summed E-state index contributed by atoms with van der Waals surface area (Å²) in [6, 6.07) is 19.1. The van der Waals surface area contributed by atoms with Crippen LogP contribution in [0, 0.1) is 0 Å². The van der Waals surface area contributed by atoms with Gasteiger partial charge in [0.15, 0.2) is 5.96 Å². The number of methoxy groups -OCH3 is 1. The molecule has 0 bridgehead atoms. The van der Waals surface area contributed by atoms with Crippen molar-refractivity contribution in [2.75, 3.05) is 20.2 Å². The first-order valence-corrected chi connectivity index (χ1v) is 9.41. The third kappa shape index (κ3) is 5.94. The Balaban J connectivity index is 0.00000261. The highest BCUT2D eigenvalue weighted by atomic mass is 127. The zero-order valence-corrected chi connectivity index (χ0v) is 18.5. The Morgan fingerprint density at radius 3 is 2.30 bits per heavy atom. The number of ether oxygens (including phenoxy) is 1. The van der Waals surface area contributed by atoms with E-state index in [0.717, 1.165) is 19.0 Å². The standard InChI is InChI=1S/C22H29N3O.HI/c1-3-23-21(24-15-18-9-7-8-10-19(18)16-26-2)25-17-22(13-14-22)20-11-5-4-6-12-20;/h4-12H,3,13-17H2,1-2H3,(H2,23,24,25);1H. The lowest BCUT2D eigenvalue weighted by atomic mass is 9.96. The molecular weight excluding hydrogens is 449 g/mol. The summed E-state index contributed by atoms with van der Waals surface area (Å²) in [6.07, 6.45) is 2.47. The maximum Gasteiger partial charge on any atom is 0.191 e. The number of aliphatic imine (C=N–C) groups is 1. The minimum absolute atomic E-state index is 0. The van der Waals surface area contributed by atoms with Crippen LogP contribution in [0.3, 0.4) is 0 Å². The van der Waals surface area contributed by atoms with E-state index >= 15 is 0 Å². The van der Waals surface area contributed by atoms with E-state index in [9.17, 15) is 0 Å². The van der Waals surface area contributed by atoms with Crippen molar-refractivity contribution in [3.8, 4) is 0 Å². The summed E-state index contributed by atoms with van der Waals surface area (Å²) in [5, 5.41) is 6.92. The van der Waals surface area contributed by atoms with Crippen molar-refractivity contribution < 1.29 is 4.74 Å². The molecule has 2 aromatic rings. The summed E-state index contributed by atoms with van der Waals surface area (Å²) in [5.74, 6) is 0.877. The van der Waals surface area contributed by atoms with Gasteiger partial charge < -0.3 is 15.4 Å². The van der Waals surface area contributed by atoms with Gasteiger partial charge in [-0.05, 0) is 36.5 Å². The first-order valence-electron chi connectivity index (χ1n) is 9.41. The smallest absolute Gasteiger partial charge is 0.191 e. The van der Waals surface area contributed by atoms with Gasteiger partial charge in [-0.2, -0.15) is 0 Å². The minimum atomic E-state index is 0. The highest BCUT2D eigenvalue weighted by Gasteiger charge is 2.43. The molecule has 27 heavy (non-hydrogen) atoms. The Morgan fingerprint density at radius 2 is 1.67 bits per heavy atom. The van der Waals surface area contributed by atoms with Gasteiger partial charge in [0.25, 0.3) is 0 Å². The predicted molar refractivity (Wildman–Crippen MR) is 123 cm³/mol. The van der Waals surface area contributed by atoms with Crippen molar-refractivity contribution >= 4 is 29.9 Å². The van der Waals surface area contributed by atoms with E-state index in [1.54, 1.807) is 7.11 Å². The van der Waals surface area contributed by atoms with Crippen molar-refractivity contribution in [2.24, 2.45) is 4.99 Å². The number of benzene rings is 2.